The van der Waals surface area contributed by atoms with Crippen LogP contribution in [0.15, 0.2) is 48.7 Å². The van der Waals surface area contributed by atoms with Gasteiger partial charge in [-0.1, -0.05) is 24.3 Å². The summed E-state index contributed by atoms with van der Waals surface area (Å²) < 4.78 is 13.2. The number of ether oxygens (including phenoxy) is 2. The topological polar surface area (TPSA) is 55.7 Å². The van der Waals surface area contributed by atoms with Crippen molar-refractivity contribution >= 4 is 16.8 Å². The van der Waals surface area contributed by atoms with Crippen LogP contribution in [0.25, 0.3) is 10.9 Å². The summed E-state index contributed by atoms with van der Waals surface area (Å²) in [5, 5.41) is 4.09. The molecule has 30 heavy (non-hydrogen) atoms. The van der Waals surface area contributed by atoms with E-state index in [0.717, 1.165) is 29.6 Å². The van der Waals surface area contributed by atoms with Gasteiger partial charge in [0.2, 0.25) is 0 Å². The third kappa shape index (κ3) is 4.76. The molecule has 1 amide bonds. The number of para-hydroxylation sites is 1. The van der Waals surface area contributed by atoms with E-state index in [4.69, 9.17) is 9.47 Å². The van der Waals surface area contributed by atoms with Crippen LogP contribution < -0.4 is 14.8 Å². The molecule has 0 aliphatic carbocycles. The molecule has 3 rings (SSSR count). The molecular weight excluding hydrogens is 378 g/mol. The minimum Gasteiger partial charge on any atom is -0.493 e. The maximum Gasteiger partial charge on any atom is 0.253 e. The molecule has 0 aliphatic rings. The molecule has 0 spiro atoms. The highest BCUT2D eigenvalue weighted by Crippen LogP contribution is 2.30. The SMILES string of the molecule is CCOc1ccc(C(C)NC(=O)c2cn(CCN(C)C)c3ccccc23)cc1OC. The van der Waals surface area contributed by atoms with E-state index in [1.807, 2.05) is 70.5 Å². The predicted octanol–water partition coefficient (Wildman–Crippen LogP) is 4.10. The van der Waals surface area contributed by atoms with Gasteiger partial charge in [0.1, 0.15) is 0 Å². The van der Waals surface area contributed by atoms with E-state index in [2.05, 4.69) is 20.9 Å². The second-order valence-electron chi connectivity index (χ2n) is 7.60. The molecular formula is C24H31N3O3. The Balaban J connectivity index is 1.83. The Kier molecular flexibility index (Phi) is 7.00. The summed E-state index contributed by atoms with van der Waals surface area (Å²) in [4.78, 5) is 15.3. The van der Waals surface area contributed by atoms with Gasteiger partial charge in [-0.25, -0.2) is 0 Å². The van der Waals surface area contributed by atoms with Gasteiger partial charge in [0.05, 0.1) is 25.3 Å². The maximum atomic E-state index is 13.1. The molecule has 2 aromatic carbocycles. The fourth-order valence-electron chi connectivity index (χ4n) is 3.51. The first-order valence-corrected chi connectivity index (χ1v) is 10.3. The number of carbonyl (C=O) groups is 1. The number of fused-ring (bicyclic) bond motifs is 1. The first-order valence-electron chi connectivity index (χ1n) is 10.3. The Morgan fingerprint density at radius 3 is 2.63 bits per heavy atom. The molecule has 3 aromatic rings. The number of methoxy groups -OCH3 is 1. The van der Waals surface area contributed by atoms with Gasteiger partial charge >= 0.3 is 0 Å². The van der Waals surface area contributed by atoms with E-state index in [9.17, 15) is 4.79 Å². The summed E-state index contributed by atoms with van der Waals surface area (Å²) in [6.07, 6.45) is 1.95. The van der Waals surface area contributed by atoms with Gasteiger partial charge in [-0.3, -0.25) is 4.79 Å². The number of benzene rings is 2. The molecule has 1 heterocycles. The summed E-state index contributed by atoms with van der Waals surface area (Å²) in [7, 11) is 5.71. The van der Waals surface area contributed by atoms with Crippen molar-refractivity contribution in [1.29, 1.82) is 0 Å². The number of likely N-dealkylation sites (N-methyl/N-ethyl adjacent to an activating group) is 1. The van der Waals surface area contributed by atoms with Crippen molar-refractivity contribution in [2.75, 3.05) is 34.4 Å². The van der Waals surface area contributed by atoms with Crippen LogP contribution in [0.3, 0.4) is 0 Å². The largest absolute Gasteiger partial charge is 0.493 e. The summed E-state index contributed by atoms with van der Waals surface area (Å²) in [6, 6.07) is 13.6. The number of nitrogens with one attached hydrogen (secondary N) is 1. The Bertz CT molecular complexity index is 1010. The molecule has 1 N–H and O–H groups in total. The Morgan fingerprint density at radius 1 is 1.17 bits per heavy atom. The normalized spacial score (nSPS) is 12.2. The van der Waals surface area contributed by atoms with Crippen LogP contribution >= 0.6 is 0 Å². The molecule has 1 unspecified atom stereocenters. The lowest BCUT2D eigenvalue weighted by Gasteiger charge is -2.17. The van der Waals surface area contributed by atoms with Gasteiger partial charge < -0.3 is 24.3 Å². The van der Waals surface area contributed by atoms with Crippen LogP contribution in [0.4, 0.5) is 0 Å². The molecule has 1 aromatic heterocycles. The average molecular weight is 410 g/mol. The summed E-state index contributed by atoms with van der Waals surface area (Å²) >= 11 is 0. The van der Waals surface area contributed by atoms with Crippen molar-refractivity contribution in [2.24, 2.45) is 0 Å². The van der Waals surface area contributed by atoms with E-state index >= 15 is 0 Å². The number of nitrogens with zero attached hydrogens (tertiary/aromatic N) is 2. The van der Waals surface area contributed by atoms with Crippen LogP contribution in [0, 0.1) is 0 Å². The van der Waals surface area contributed by atoms with E-state index < -0.39 is 0 Å². The Labute approximate surface area is 178 Å². The summed E-state index contributed by atoms with van der Waals surface area (Å²) in [5.41, 5.74) is 2.72. The van der Waals surface area contributed by atoms with E-state index in [1.54, 1.807) is 7.11 Å². The van der Waals surface area contributed by atoms with Crippen molar-refractivity contribution in [1.82, 2.24) is 14.8 Å². The molecule has 6 nitrogen and oxygen atoms in total. The van der Waals surface area contributed by atoms with Gasteiger partial charge in [0.15, 0.2) is 11.5 Å². The minimum absolute atomic E-state index is 0.0878. The van der Waals surface area contributed by atoms with Crippen molar-refractivity contribution in [3.63, 3.8) is 0 Å². The molecule has 0 aliphatic heterocycles. The average Bonchev–Trinajstić information content (AvgIpc) is 3.11. The summed E-state index contributed by atoms with van der Waals surface area (Å²) in [6.45, 7) is 6.21. The van der Waals surface area contributed by atoms with Crippen LogP contribution in [0.2, 0.25) is 0 Å². The molecule has 6 heteroatoms. The third-order valence-electron chi connectivity index (χ3n) is 5.16. The number of aromatic nitrogens is 1. The monoisotopic (exact) mass is 409 g/mol. The smallest absolute Gasteiger partial charge is 0.253 e. The lowest BCUT2D eigenvalue weighted by molar-refractivity contribution is 0.0941. The fourth-order valence-corrected chi connectivity index (χ4v) is 3.51. The highest BCUT2D eigenvalue weighted by molar-refractivity contribution is 6.07. The third-order valence-corrected chi connectivity index (χ3v) is 5.16. The van der Waals surface area contributed by atoms with Crippen LogP contribution in [-0.4, -0.2) is 49.7 Å². The van der Waals surface area contributed by atoms with Crippen molar-refractivity contribution < 1.29 is 14.3 Å². The van der Waals surface area contributed by atoms with E-state index in [-0.39, 0.29) is 11.9 Å². The Hall–Kier alpha value is -2.99. The van der Waals surface area contributed by atoms with E-state index in [1.165, 1.54) is 0 Å². The number of rotatable bonds is 9. The van der Waals surface area contributed by atoms with Gasteiger partial charge in [-0.2, -0.15) is 0 Å². The second-order valence-corrected chi connectivity index (χ2v) is 7.60. The molecule has 0 saturated carbocycles. The number of amides is 1. The molecule has 160 valence electrons. The van der Waals surface area contributed by atoms with Gasteiger partial charge in [-0.15, -0.1) is 0 Å². The Morgan fingerprint density at radius 2 is 1.93 bits per heavy atom. The zero-order valence-corrected chi connectivity index (χ0v) is 18.4. The van der Waals surface area contributed by atoms with Crippen LogP contribution in [0.1, 0.15) is 35.8 Å². The number of carbonyl (C=O) groups excluding carboxylic acids is 1. The van der Waals surface area contributed by atoms with Gasteiger partial charge in [-0.05, 0) is 51.7 Å². The van der Waals surface area contributed by atoms with Crippen LogP contribution in [0.5, 0.6) is 11.5 Å². The summed E-state index contributed by atoms with van der Waals surface area (Å²) in [5.74, 6) is 1.28. The minimum atomic E-state index is -0.175. The fraction of sp³-hybridized carbons (Fsp3) is 0.375. The number of hydrogen-bond donors (Lipinski definition) is 1. The van der Waals surface area contributed by atoms with Crippen LogP contribution in [-0.2, 0) is 6.54 Å². The molecule has 0 fully saturated rings. The lowest BCUT2D eigenvalue weighted by Crippen LogP contribution is -2.26. The number of hydrogen-bond acceptors (Lipinski definition) is 4. The molecule has 0 radical (unpaired) electrons. The standard InChI is InChI=1S/C24H31N3O3/c1-6-30-22-12-11-18(15-23(22)29-5)17(2)25-24(28)20-16-27(14-13-26(3)4)21-10-8-7-9-19(20)21/h7-12,15-17H,6,13-14H2,1-5H3,(H,25,28). The van der Waals surface area contributed by atoms with E-state index in [0.29, 0.717) is 23.7 Å². The molecule has 0 bridgehead atoms. The maximum absolute atomic E-state index is 13.1. The first-order chi connectivity index (χ1) is 14.4. The molecule has 0 saturated heterocycles. The zero-order valence-electron chi connectivity index (χ0n) is 18.4. The highest BCUT2D eigenvalue weighted by Gasteiger charge is 2.18. The van der Waals surface area contributed by atoms with Crippen molar-refractivity contribution in [3.05, 3.63) is 59.8 Å². The second kappa shape index (κ2) is 9.67. The predicted molar refractivity (Wildman–Crippen MR) is 121 cm³/mol. The van der Waals surface area contributed by atoms with Gasteiger partial charge in [0, 0.05) is 30.2 Å². The zero-order chi connectivity index (χ0) is 21.7. The highest BCUT2D eigenvalue weighted by atomic mass is 16.5. The first kappa shape index (κ1) is 21.7. The van der Waals surface area contributed by atoms with Gasteiger partial charge in [0.25, 0.3) is 5.91 Å². The quantitative estimate of drug-likeness (QED) is 0.578. The lowest BCUT2D eigenvalue weighted by atomic mass is 10.1. The molecule has 1 atom stereocenters. The van der Waals surface area contributed by atoms with Crippen molar-refractivity contribution in [3.8, 4) is 11.5 Å². The van der Waals surface area contributed by atoms with Crippen molar-refractivity contribution in [2.45, 2.75) is 26.4 Å².